The molecule has 2 rings (SSSR count). The number of nitrogens with zero attached hydrogens (tertiary/aromatic N) is 1. The third kappa shape index (κ3) is 1.53. The average Bonchev–Trinajstić information content (AvgIpc) is 2.88. The van der Waals surface area contributed by atoms with E-state index in [1.807, 2.05) is 18.2 Å². The number of rotatable bonds is 3. The summed E-state index contributed by atoms with van der Waals surface area (Å²) in [5.74, 6) is 1.60. The third-order valence-corrected chi connectivity index (χ3v) is 2.68. The van der Waals surface area contributed by atoms with Crippen LogP contribution in [0.5, 0.6) is 0 Å². The molecule has 3 heteroatoms. The lowest BCUT2D eigenvalue weighted by atomic mass is 10.3. The van der Waals surface area contributed by atoms with Crippen molar-refractivity contribution in [2.45, 2.75) is 18.4 Å². The first-order valence-electron chi connectivity index (χ1n) is 4.10. The van der Waals surface area contributed by atoms with Crippen molar-refractivity contribution in [3.8, 4) is 0 Å². The highest BCUT2D eigenvalue weighted by Gasteiger charge is 2.41. The fourth-order valence-electron chi connectivity index (χ4n) is 1.15. The number of hydrogen-bond donors (Lipinski definition) is 1. The Labute approximate surface area is 77.0 Å². The van der Waals surface area contributed by atoms with Crippen molar-refractivity contribution in [2.75, 3.05) is 11.2 Å². The molecule has 0 aliphatic heterocycles. The van der Waals surface area contributed by atoms with Gasteiger partial charge in [-0.1, -0.05) is 6.07 Å². The van der Waals surface area contributed by atoms with E-state index in [4.69, 9.17) is 11.6 Å². The Morgan fingerprint density at radius 1 is 1.50 bits per heavy atom. The highest BCUT2D eigenvalue weighted by atomic mass is 35.5. The molecule has 0 saturated heterocycles. The van der Waals surface area contributed by atoms with Crippen LogP contribution in [-0.2, 0) is 0 Å². The lowest BCUT2D eigenvalue weighted by Gasteiger charge is -2.13. The van der Waals surface area contributed by atoms with E-state index < -0.39 is 0 Å². The normalized spacial score (nSPS) is 18.8. The van der Waals surface area contributed by atoms with Gasteiger partial charge in [0.25, 0.3) is 0 Å². The van der Waals surface area contributed by atoms with Crippen molar-refractivity contribution in [3.63, 3.8) is 0 Å². The van der Waals surface area contributed by atoms with E-state index >= 15 is 0 Å². The van der Waals surface area contributed by atoms with Crippen LogP contribution in [0.25, 0.3) is 0 Å². The summed E-state index contributed by atoms with van der Waals surface area (Å²) < 4.78 is 0. The maximum absolute atomic E-state index is 5.82. The molecule has 64 valence electrons. The number of pyridine rings is 1. The summed E-state index contributed by atoms with van der Waals surface area (Å²) in [6.07, 6.45) is 4.10. The molecule has 1 N–H and O–H groups in total. The molecule has 1 aromatic rings. The first-order valence-corrected chi connectivity index (χ1v) is 4.63. The molecule has 0 spiro atoms. The minimum atomic E-state index is 0.149. The van der Waals surface area contributed by atoms with Gasteiger partial charge in [0.2, 0.25) is 0 Å². The quantitative estimate of drug-likeness (QED) is 0.726. The van der Waals surface area contributed by atoms with Crippen LogP contribution < -0.4 is 5.32 Å². The smallest absolute Gasteiger partial charge is 0.126 e. The standard InChI is InChI=1S/C9H11ClN2/c10-7-9(4-5-9)12-8-3-1-2-6-11-8/h1-3,6H,4-5,7H2,(H,11,12). The van der Waals surface area contributed by atoms with Crippen LogP contribution in [0.4, 0.5) is 5.82 Å². The van der Waals surface area contributed by atoms with Crippen LogP contribution in [0.2, 0.25) is 0 Å². The highest BCUT2D eigenvalue weighted by molar-refractivity contribution is 6.19. The van der Waals surface area contributed by atoms with Gasteiger partial charge in [-0.25, -0.2) is 4.98 Å². The van der Waals surface area contributed by atoms with Gasteiger partial charge in [-0.15, -0.1) is 11.6 Å². The molecule has 1 aliphatic carbocycles. The molecule has 12 heavy (non-hydrogen) atoms. The predicted octanol–water partition coefficient (Wildman–Crippen LogP) is 2.26. The number of anilines is 1. The number of aromatic nitrogens is 1. The lowest BCUT2D eigenvalue weighted by molar-refractivity contribution is 0.829. The zero-order valence-electron chi connectivity index (χ0n) is 6.76. The molecule has 1 saturated carbocycles. The minimum absolute atomic E-state index is 0.149. The molecule has 2 nitrogen and oxygen atoms in total. The van der Waals surface area contributed by atoms with Crippen molar-refractivity contribution >= 4 is 17.4 Å². The van der Waals surface area contributed by atoms with Gasteiger partial charge in [-0.2, -0.15) is 0 Å². The van der Waals surface area contributed by atoms with Crippen LogP contribution in [0.15, 0.2) is 24.4 Å². The van der Waals surface area contributed by atoms with Gasteiger partial charge in [0.15, 0.2) is 0 Å². The van der Waals surface area contributed by atoms with Crippen molar-refractivity contribution in [3.05, 3.63) is 24.4 Å². The maximum Gasteiger partial charge on any atom is 0.126 e. The van der Waals surface area contributed by atoms with Crippen molar-refractivity contribution in [2.24, 2.45) is 0 Å². The van der Waals surface area contributed by atoms with E-state index in [1.165, 1.54) is 0 Å². The molecular formula is C9H11ClN2. The summed E-state index contributed by atoms with van der Waals surface area (Å²) in [6, 6.07) is 5.84. The van der Waals surface area contributed by atoms with Gasteiger partial charge in [-0.3, -0.25) is 0 Å². The number of alkyl halides is 1. The molecule has 1 aliphatic rings. The van der Waals surface area contributed by atoms with Gasteiger partial charge in [0, 0.05) is 12.1 Å². The molecule has 1 heterocycles. The van der Waals surface area contributed by atoms with Crippen molar-refractivity contribution < 1.29 is 0 Å². The van der Waals surface area contributed by atoms with E-state index in [-0.39, 0.29) is 5.54 Å². The Bertz CT molecular complexity index is 256. The summed E-state index contributed by atoms with van der Waals surface area (Å²) in [4.78, 5) is 4.18. The SMILES string of the molecule is ClCC1(Nc2ccccn2)CC1. The Balaban J connectivity index is 2.04. The Hall–Kier alpha value is -0.760. The van der Waals surface area contributed by atoms with Crippen LogP contribution in [0.3, 0.4) is 0 Å². The predicted molar refractivity (Wildman–Crippen MR) is 50.5 cm³/mol. The average molecular weight is 183 g/mol. The lowest BCUT2D eigenvalue weighted by Crippen LogP contribution is -2.23. The van der Waals surface area contributed by atoms with Gasteiger partial charge in [0.05, 0.1) is 5.54 Å². The topological polar surface area (TPSA) is 24.9 Å². The highest BCUT2D eigenvalue weighted by Crippen LogP contribution is 2.39. The molecule has 0 atom stereocenters. The van der Waals surface area contributed by atoms with Crippen molar-refractivity contribution in [1.29, 1.82) is 0 Å². The van der Waals surface area contributed by atoms with Gasteiger partial charge >= 0.3 is 0 Å². The Morgan fingerprint density at radius 2 is 2.33 bits per heavy atom. The fourth-order valence-corrected chi connectivity index (χ4v) is 1.49. The summed E-state index contributed by atoms with van der Waals surface area (Å²) in [5, 5.41) is 3.34. The third-order valence-electron chi connectivity index (χ3n) is 2.17. The summed E-state index contributed by atoms with van der Waals surface area (Å²) in [6.45, 7) is 0. The van der Waals surface area contributed by atoms with Crippen LogP contribution in [0.1, 0.15) is 12.8 Å². The maximum atomic E-state index is 5.82. The van der Waals surface area contributed by atoms with Gasteiger partial charge < -0.3 is 5.32 Å². The van der Waals surface area contributed by atoms with E-state index in [0.29, 0.717) is 5.88 Å². The molecule has 1 fully saturated rings. The second-order valence-corrected chi connectivity index (χ2v) is 3.52. The largest absolute Gasteiger partial charge is 0.363 e. The molecule has 0 aromatic carbocycles. The fraction of sp³-hybridized carbons (Fsp3) is 0.444. The molecule has 0 amide bonds. The number of hydrogen-bond acceptors (Lipinski definition) is 2. The Kier molecular flexibility index (Phi) is 1.93. The summed E-state index contributed by atoms with van der Waals surface area (Å²) >= 11 is 5.82. The van der Waals surface area contributed by atoms with E-state index in [1.54, 1.807) is 6.20 Å². The van der Waals surface area contributed by atoms with E-state index in [2.05, 4.69) is 10.3 Å². The molecule has 0 unspecified atom stereocenters. The number of halogens is 1. The summed E-state index contributed by atoms with van der Waals surface area (Å²) in [7, 11) is 0. The second kappa shape index (κ2) is 2.94. The Morgan fingerprint density at radius 3 is 2.83 bits per heavy atom. The number of nitrogens with one attached hydrogen (secondary N) is 1. The zero-order chi connectivity index (χ0) is 8.44. The van der Waals surface area contributed by atoms with Gasteiger partial charge in [-0.05, 0) is 25.0 Å². The first-order chi connectivity index (χ1) is 5.85. The van der Waals surface area contributed by atoms with E-state index in [0.717, 1.165) is 18.7 Å². The van der Waals surface area contributed by atoms with Crippen molar-refractivity contribution in [1.82, 2.24) is 4.98 Å². The zero-order valence-corrected chi connectivity index (χ0v) is 7.51. The monoisotopic (exact) mass is 182 g/mol. The van der Waals surface area contributed by atoms with Gasteiger partial charge in [0.1, 0.15) is 5.82 Å². The molecule has 1 aromatic heterocycles. The van der Waals surface area contributed by atoms with Crippen LogP contribution >= 0.6 is 11.6 Å². The second-order valence-electron chi connectivity index (χ2n) is 3.25. The molecular weight excluding hydrogens is 172 g/mol. The minimum Gasteiger partial charge on any atom is -0.363 e. The first kappa shape index (κ1) is 7.87. The van der Waals surface area contributed by atoms with Crippen LogP contribution in [-0.4, -0.2) is 16.4 Å². The summed E-state index contributed by atoms with van der Waals surface area (Å²) in [5.41, 5.74) is 0.149. The van der Waals surface area contributed by atoms with Crippen LogP contribution in [0, 0.1) is 0 Å². The molecule has 0 bridgehead atoms. The molecule has 0 radical (unpaired) electrons. The van der Waals surface area contributed by atoms with E-state index in [9.17, 15) is 0 Å².